The number of nitrogens with zero attached hydrogens (tertiary/aromatic N) is 1. The molecular weight excluding hydrogens is 270 g/mol. The lowest BCUT2D eigenvalue weighted by atomic mass is 10.00. The van der Waals surface area contributed by atoms with Crippen molar-refractivity contribution in [1.29, 1.82) is 0 Å². The van der Waals surface area contributed by atoms with Crippen molar-refractivity contribution < 1.29 is 8.78 Å². The van der Waals surface area contributed by atoms with Crippen LogP contribution in [0.25, 0.3) is 0 Å². The van der Waals surface area contributed by atoms with Crippen molar-refractivity contribution in [3.8, 4) is 0 Å². The van der Waals surface area contributed by atoms with Gasteiger partial charge in [-0.1, -0.05) is 43.7 Å². The van der Waals surface area contributed by atoms with Gasteiger partial charge in [-0.25, -0.2) is 0 Å². The summed E-state index contributed by atoms with van der Waals surface area (Å²) >= 11 is 0. The zero-order valence-corrected chi connectivity index (χ0v) is 12.8. The van der Waals surface area contributed by atoms with Gasteiger partial charge in [-0.3, -0.25) is 4.90 Å². The molecule has 2 nitrogen and oxygen atoms in total. The van der Waals surface area contributed by atoms with Crippen molar-refractivity contribution in [2.45, 2.75) is 44.6 Å². The van der Waals surface area contributed by atoms with Gasteiger partial charge >= 0.3 is 0 Å². The third kappa shape index (κ3) is 4.75. The molecule has 1 fully saturated rings. The Morgan fingerprint density at radius 3 is 2.71 bits per heavy atom. The first kappa shape index (κ1) is 16.4. The average Bonchev–Trinajstić information content (AvgIpc) is 2.50. The van der Waals surface area contributed by atoms with Crippen molar-refractivity contribution in [2.24, 2.45) is 0 Å². The normalized spacial score (nSPS) is 20.6. The van der Waals surface area contributed by atoms with Crippen LogP contribution in [0.2, 0.25) is 0 Å². The summed E-state index contributed by atoms with van der Waals surface area (Å²) < 4.78 is 28.9. The second kappa shape index (κ2) is 7.85. The van der Waals surface area contributed by atoms with Crippen LogP contribution in [0.3, 0.4) is 0 Å². The summed E-state index contributed by atoms with van der Waals surface area (Å²) in [7, 11) is 0. The molecular formula is C17H26F2N2. The monoisotopic (exact) mass is 296 g/mol. The highest BCUT2D eigenvalue weighted by Crippen LogP contribution is 2.31. The van der Waals surface area contributed by atoms with E-state index in [1.807, 2.05) is 4.90 Å². The third-order valence-electron chi connectivity index (χ3n) is 4.15. The van der Waals surface area contributed by atoms with E-state index in [2.05, 4.69) is 12.2 Å². The molecule has 1 heterocycles. The molecule has 21 heavy (non-hydrogen) atoms. The number of halogens is 2. The Labute approximate surface area is 126 Å². The van der Waals surface area contributed by atoms with Crippen molar-refractivity contribution in [3.63, 3.8) is 0 Å². The molecule has 0 amide bonds. The standard InChI is InChI=1S/C17H26F2N2/c1-2-11-20-13-16-10-6-7-12-21(16)14-17(18,19)15-8-4-3-5-9-15/h3-5,8-9,16,20H,2,6-7,10-14H2,1H3. The first-order valence-corrected chi connectivity index (χ1v) is 8.01. The van der Waals surface area contributed by atoms with E-state index in [9.17, 15) is 8.78 Å². The van der Waals surface area contributed by atoms with Crippen LogP contribution in [0.15, 0.2) is 30.3 Å². The minimum Gasteiger partial charge on any atom is -0.315 e. The van der Waals surface area contributed by atoms with Crippen LogP contribution in [0, 0.1) is 0 Å². The maximum absolute atomic E-state index is 14.4. The quantitative estimate of drug-likeness (QED) is 0.773. The number of benzene rings is 1. The topological polar surface area (TPSA) is 15.3 Å². The van der Waals surface area contributed by atoms with Gasteiger partial charge in [-0.15, -0.1) is 0 Å². The maximum Gasteiger partial charge on any atom is 0.285 e. The maximum atomic E-state index is 14.4. The second-order valence-electron chi connectivity index (χ2n) is 5.89. The molecule has 1 aliphatic heterocycles. The minimum atomic E-state index is -2.78. The molecule has 0 bridgehead atoms. The highest BCUT2D eigenvalue weighted by molar-refractivity contribution is 5.20. The minimum absolute atomic E-state index is 0.121. The van der Waals surface area contributed by atoms with Gasteiger partial charge in [0.15, 0.2) is 0 Å². The lowest BCUT2D eigenvalue weighted by Gasteiger charge is -2.38. The second-order valence-corrected chi connectivity index (χ2v) is 5.89. The van der Waals surface area contributed by atoms with Crippen molar-refractivity contribution in [3.05, 3.63) is 35.9 Å². The summed E-state index contributed by atoms with van der Waals surface area (Å²) in [5, 5.41) is 3.37. The van der Waals surface area contributed by atoms with Gasteiger partial charge < -0.3 is 5.32 Å². The van der Waals surface area contributed by atoms with E-state index in [1.165, 1.54) is 12.1 Å². The smallest absolute Gasteiger partial charge is 0.285 e. The van der Waals surface area contributed by atoms with Gasteiger partial charge in [0, 0.05) is 18.2 Å². The van der Waals surface area contributed by atoms with Crippen LogP contribution in [0.4, 0.5) is 8.78 Å². The van der Waals surface area contributed by atoms with Gasteiger partial charge in [0.25, 0.3) is 5.92 Å². The molecule has 0 aliphatic carbocycles. The molecule has 0 radical (unpaired) electrons. The molecule has 1 N–H and O–H groups in total. The van der Waals surface area contributed by atoms with Crippen LogP contribution < -0.4 is 5.32 Å². The zero-order valence-electron chi connectivity index (χ0n) is 12.8. The van der Waals surface area contributed by atoms with Crippen molar-refractivity contribution >= 4 is 0 Å². The number of hydrogen-bond acceptors (Lipinski definition) is 2. The first-order valence-electron chi connectivity index (χ1n) is 8.01. The van der Waals surface area contributed by atoms with Crippen LogP contribution in [-0.2, 0) is 5.92 Å². The number of likely N-dealkylation sites (tertiary alicyclic amines) is 1. The van der Waals surface area contributed by atoms with E-state index in [0.717, 1.165) is 45.3 Å². The molecule has 2 rings (SSSR count). The van der Waals surface area contributed by atoms with Crippen LogP contribution in [-0.4, -0.2) is 37.1 Å². The molecule has 1 aromatic rings. The highest BCUT2D eigenvalue weighted by Gasteiger charge is 2.36. The van der Waals surface area contributed by atoms with Crippen LogP contribution in [0.5, 0.6) is 0 Å². The summed E-state index contributed by atoms with van der Waals surface area (Å²) in [6.07, 6.45) is 4.26. The predicted octanol–water partition coefficient (Wildman–Crippen LogP) is 3.63. The van der Waals surface area contributed by atoms with Gasteiger partial charge in [0.05, 0.1) is 6.54 Å². The fourth-order valence-electron chi connectivity index (χ4n) is 2.97. The summed E-state index contributed by atoms with van der Waals surface area (Å²) in [4.78, 5) is 1.97. The average molecular weight is 296 g/mol. The fourth-order valence-corrected chi connectivity index (χ4v) is 2.97. The molecule has 118 valence electrons. The third-order valence-corrected chi connectivity index (χ3v) is 4.15. The van der Waals surface area contributed by atoms with E-state index in [4.69, 9.17) is 0 Å². The number of piperidine rings is 1. The predicted molar refractivity (Wildman–Crippen MR) is 82.7 cm³/mol. The molecule has 4 heteroatoms. The number of nitrogens with one attached hydrogen (secondary N) is 1. The molecule has 0 saturated carbocycles. The summed E-state index contributed by atoms with van der Waals surface area (Å²) in [5.41, 5.74) is 0.121. The summed E-state index contributed by atoms with van der Waals surface area (Å²) in [5.74, 6) is -2.78. The molecule has 0 aromatic heterocycles. The summed E-state index contributed by atoms with van der Waals surface area (Å²) in [6, 6.07) is 8.42. The van der Waals surface area contributed by atoms with Gasteiger partial charge in [0.1, 0.15) is 0 Å². The van der Waals surface area contributed by atoms with Gasteiger partial charge in [0.2, 0.25) is 0 Å². The van der Waals surface area contributed by atoms with Gasteiger partial charge in [-0.2, -0.15) is 8.78 Å². The Bertz CT molecular complexity index is 409. The zero-order chi connectivity index (χ0) is 15.1. The van der Waals surface area contributed by atoms with Crippen LogP contribution in [0.1, 0.15) is 38.2 Å². The molecule has 1 aromatic carbocycles. The number of alkyl halides is 2. The Balaban J connectivity index is 1.97. The largest absolute Gasteiger partial charge is 0.315 e. The molecule has 0 spiro atoms. The SMILES string of the molecule is CCCNCC1CCCCN1CC(F)(F)c1ccccc1. The Hall–Kier alpha value is -1.00. The highest BCUT2D eigenvalue weighted by atomic mass is 19.3. The lowest BCUT2D eigenvalue weighted by molar-refractivity contribution is -0.0540. The van der Waals surface area contributed by atoms with E-state index in [0.29, 0.717) is 0 Å². The van der Waals surface area contributed by atoms with E-state index < -0.39 is 5.92 Å². The Morgan fingerprint density at radius 2 is 2.00 bits per heavy atom. The Morgan fingerprint density at radius 1 is 1.24 bits per heavy atom. The summed E-state index contributed by atoms with van der Waals surface area (Å²) in [6.45, 7) is 4.50. The van der Waals surface area contributed by atoms with E-state index in [1.54, 1.807) is 18.2 Å². The first-order chi connectivity index (χ1) is 10.1. The van der Waals surface area contributed by atoms with Crippen molar-refractivity contribution in [2.75, 3.05) is 26.2 Å². The fraction of sp³-hybridized carbons (Fsp3) is 0.647. The molecule has 1 aliphatic rings. The Kier molecular flexibility index (Phi) is 6.12. The van der Waals surface area contributed by atoms with Crippen molar-refractivity contribution in [1.82, 2.24) is 10.2 Å². The molecule has 1 unspecified atom stereocenters. The molecule has 1 atom stereocenters. The van der Waals surface area contributed by atoms with E-state index in [-0.39, 0.29) is 18.2 Å². The van der Waals surface area contributed by atoms with Gasteiger partial charge in [-0.05, 0) is 32.4 Å². The van der Waals surface area contributed by atoms with E-state index >= 15 is 0 Å². The lowest BCUT2D eigenvalue weighted by Crippen LogP contribution is -2.49. The van der Waals surface area contributed by atoms with Crippen LogP contribution >= 0.6 is 0 Å². The molecule has 1 saturated heterocycles. The number of hydrogen-bond donors (Lipinski definition) is 1. The number of rotatable bonds is 7.